The van der Waals surface area contributed by atoms with Gasteiger partial charge in [-0.05, 0) is 6.26 Å². The van der Waals surface area contributed by atoms with Crippen LogP contribution in [0.2, 0.25) is 4.47 Å². The molecule has 0 bridgehead atoms. The summed E-state index contributed by atoms with van der Waals surface area (Å²) in [5, 5.41) is 0.229. The van der Waals surface area contributed by atoms with E-state index in [0.717, 1.165) is 16.6 Å². The lowest BCUT2D eigenvalue weighted by atomic mass is 10.3. The van der Waals surface area contributed by atoms with Gasteiger partial charge in [-0.3, -0.25) is 4.79 Å². The van der Waals surface area contributed by atoms with Crippen molar-refractivity contribution in [1.82, 2.24) is 9.88 Å². The molecule has 0 N–H and O–H groups in total. The number of carbonyl (C=O) groups is 1. The van der Waals surface area contributed by atoms with Crippen LogP contribution >= 0.6 is 34.7 Å². The number of rotatable bonds is 5. The number of hydrogen-bond donors (Lipinski definition) is 0. The molecule has 0 spiro atoms. The standard InChI is InChI=1S/C10H10ClF3N2OS2/c1-16(5-6-4-15-9(11)19-6)8(18-2)3-7(17)10(12,13)14/h3-4H,5H2,1-2H3. The molecule has 0 aromatic carbocycles. The van der Waals surface area contributed by atoms with Crippen molar-refractivity contribution in [3.05, 3.63) is 26.6 Å². The smallest absolute Gasteiger partial charge is 0.364 e. The summed E-state index contributed by atoms with van der Waals surface area (Å²) < 4.78 is 36.9. The number of thioether (sulfide) groups is 1. The average Bonchev–Trinajstić information content (AvgIpc) is 2.69. The van der Waals surface area contributed by atoms with Gasteiger partial charge in [0.05, 0.1) is 11.6 Å². The van der Waals surface area contributed by atoms with Gasteiger partial charge >= 0.3 is 6.18 Å². The van der Waals surface area contributed by atoms with Gasteiger partial charge in [0.1, 0.15) is 0 Å². The van der Waals surface area contributed by atoms with Gasteiger partial charge in [0, 0.05) is 24.2 Å². The van der Waals surface area contributed by atoms with E-state index in [1.807, 2.05) is 0 Å². The second-order valence-corrected chi connectivity index (χ2v) is 6.01. The molecule has 19 heavy (non-hydrogen) atoms. The molecule has 1 aromatic heterocycles. The summed E-state index contributed by atoms with van der Waals surface area (Å²) in [6.07, 6.45) is -1.11. The molecular weight excluding hydrogens is 321 g/mol. The second kappa shape index (κ2) is 6.62. The lowest BCUT2D eigenvalue weighted by molar-refractivity contribution is -0.165. The van der Waals surface area contributed by atoms with Crippen LogP contribution in [0.5, 0.6) is 0 Å². The van der Waals surface area contributed by atoms with Crippen LogP contribution in [0.1, 0.15) is 4.88 Å². The first kappa shape index (κ1) is 16.3. The first-order chi connectivity index (χ1) is 8.74. The van der Waals surface area contributed by atoms with E-state index < -0.39 is 12.0 Å². The fraction of sp³-hybridized carbons (Fsp3) is 0.400. The van der Waals surface area contributed by atoms with E-state index >= 15 is 0 Å². The molecule has 0 fully saturated rings. The van der Waals surface area contributed by atoms with Crippen LogP contribution in [-0.4, -0.2) is 35.1 Å². The fourth-order valence-electron chi connectivity index (χ4n) is 1.19. The second-order valence-electron chi connectivity index (χ2n) is 3.48. The van der Waals surface area contributed by atoms with Crippen LogP contribution in [-0.2, 0) is 11.3 Å². The van der Waals surface area contributed by atoms with E-state index in [2.05, 4.69) is 4.98 Å². The highest BCUT2D eigenvalue weighted by molar-refractivity contribution is 8.02. The molecule has 0 amide bonds. The zero-order valence-electron chi connectivity index (χ0n) is 9.99. The van der Waals surface area contributed by atoms with Crippen molar-refractivity contribution in [3.63, 3.8) is 0 Å². The maximum atomic E-state index is 12.2. The molecule has 106 valence electrons. The van der Waals surface area contributed by atoms with E-state index in [0.29, 0.717) is 17.1 Å². The molecule has 0 unspecified atom stereocenters. The van der Waals surface area contributed by atoms with Crippen molar-refractivity contribution < 1.29 is 18.0 Å². The number of ketones is 1. The van der Waals surface area contributed by atoms with Gasteiger partial charge in [-0.2, -0.15) is 13.2 Å². The van der Waals surface area contributed by atoms with Gasteiger partial charge in [0.15, 0.2) is 4.47 Å². The SMILES string of the molecule is CSC(=CC(=O)C(F)(F)F)N(C)Cc1cnc(Cl)s1. The van der Waals surface area contributed by atoms with E-state index in [9.17, 15) is 18.0 Å². The zero-order chi connectivity index (χ0) is 14.6. The van der Waals surface area contributed by atoms with Gasteiger partial charge in [-0.1, -0.05) is 11.6 Å². The van der Waals surface area contributed by atoms with E-state index in [1.165, 1.54) is 16.2 Å². The van der Waals surface area contributed by atoms with Crippen molar-refractivity contribution in [2.45, 2.75) is 12.7 Å². The number of thiazole rings is 1. The highest BCUT2D eigenvalue weighted by Gasteiger charge is 2.37. The quantitative estimate of drug-likeness (QED) is 0.773. The predicted octanol–water partition coefficient (Wildman–Crippen LogP) is 3.56. The van der Waals surface area contributed by atoms with Gasteiger partial charge in [0.25, 0.3) is 5.78 Å². The molecular formula is C10H10ClF3N2OS2. The molecule has 1 rings (SSSR count). The summed E-state index contributed by atoms with van der Waals surface area (Å²) in [6, 6.07) is 0. The van der Waals surface area contributed by atoms with Crippen molar-refractivity contribution >= 4 is 40.5 Å². The molecule has 3 nitrogen and oxygen atoms in total. The molecule has 9 heteroatoms. The average molecular weight is 331 g/mol. The van der Waals surface area contributed by atoms with Gasteiger partial charge in [0.2, 0.25) is 0 Å². The largest absolute Gasteiger partial charge is 0.454 e. The van der Waals surface area contributed by atoms with Crippen LogP contribution in [0.3, 0.4) is 0 Å². The molecule has 0 aliphatic rings. The lowest BCUT2D eigenvalue weighted by Gasteiger charge is -2.20. The van der Waals surface area contributed by atoms with Crippen molar-refractivity contribution in [2.75, 3.05) is 13.3 Å². The number of aromatic nitrogens is 1. The Morgan fingerprint density at radius 2 is 2.26 bits per heavy atom. The fourth-order valence-corrected chi connectivity index (χ4v) is 2.82. The molecule has 0 saturated carbocycles. The Hall–Kier alpha value is -0.730. The van der Waals surface area contributed by atoms with E-state index in [1.54, 1.807) is 19.5 Å². The number of halogens is 4. The monoisotopic (exact) mass is 330 g/mol. The van der Waals surface area contributed by atoms with E-state index in [4.69, 9.17) is 11.6 Å². The molecule has 1 heterocycles. The zero-order valence-corrected chi connectivity index (χ0v) is 12.4. The number of carbonyl (C=O) groups excluding carboxylic acids is 1. The molecule has 0 aliphatic carbocycles. The molecule has 0 radical (unpaired) electrons. The first-order valence-electron chi connectivity index (χ1n) is 4.92. The number of nitrogens with zero attached hydrogens (tertiary/aromatic N) is 2. The van der Waals surface area contributed by atoms with Crippen molar-refractivity contribution in [1.29, 1.82) is 0 Å². The minimum Gasteiger partial charge on any atom is -0.364 e. The first-order valence-corrected chi connectivity index (χ1v) is 7.34. The molecule has 1 aromatic rings. The number of allylic oxidation sites excluding steroid dienone is 1. The third-order valence-electron chi connectivity index (χ3n) is 2.04. The summed E-state index contributed by atoms with van der Waals surface area (Å²) in [5.74, 6) is -1.87. The Balaban J connectivity index is 2.79. The van der Waals surface area contributed by atoms with Gasteiger partial charge in [-0.25, -0.2) is 4.98 Å². The number of hydrogen-bond acceptors (Lipinski definition) is 5. The Bertz CT molecular complexity index is 487. The summed E-state index contributed by atoms with van der Waals surface area (Å²) in [4.78, 5) is 17.1. The minimum absolute atomic E-state index is 0.229. The highest BCUT2D eigenvalue weighted by atomic mass is 35.5. The highest BCUT2D eigenvalue weighted by Crippen LogP contribution is 2.25. The van der Waals surface area contributed by atoms with Crippen LogP contribution in [0.25, 0.3) is 0 Å². The van der Waals surface area contributed by atoms with Crippen LogP contribution in [0, 0.1) is 0 Å². The van der Waals surface area contributed by atoms with Crippen LogP contribution in [0.15, 0.2) is 17.3 Å². The lowest BCUT2D eigenvalue weighted by Crippen LogP contribution is -2.23. The van der Waals surface area contributed by atoms with Crippen LogP contribution < -0.4 is 0 Å². The summed E-state index contributed by atoms with van der Waals surface area (Å²) in [5.41, 5.74) is 0. The van der Waals surface area contributed by atoms with Crippen LogP contribution in [0.4, 0.5) is 13.2 Å². The molecule has 0 aliphatic heterocycles. The van der Waals surface area contributed by atoms with E-state index in [-0.39, 0.29) is 5.03 Å². The molecule has 0 atom stereocenters. The van der Waals surface area contributed by atoms with Gasteiger partial charge in [-0.15, -0.1) is 23.1 Å². The maximum Gasteiger partial charge on any atom is 0.454 e. The van der Waals surface area contributed by atoms with Crippen molar-refractivity contribution in [3.8, 4) is 0 Å². The van der Waals surface area contributed by atoms with Gasteiger partial charge < -0.3 is 4.90 Å². The molecule has 0 saturated heterocycles. The Morgan fingerprint density at radius 1 is 1.63 bits per heavy atom. The third-order valence-corrected chi connectivity index (χ3v) is 3.99. The minimum atomic E-state index is -4.85. The number of alkyl halides is 3. The summed E-state index contributed by atoms with van der Waals surface area (Å²) in [7, 11) is 1.60. The Labute approximate surface area is 121 Å². The summed E-state index contributed by atoms with van der Waals surface area (Å²) in [6.45, 7) is 0.336. The normalized spacial score (nSPS) is 12.6. The Morgan fingerprint density at radius 3 is 2.68 bits per heavy atom. The Kier molecular flexibility index (Phi) is 5.69. The van der Waals surface area contributed by atoms with Crippen molar-refractivity contribution in [2.24, 2.45) is 0 Å². The summed E-state index contributed by atoms with van der Waals surface area (Å²) >= 11 is 7.97. The maximum absolute atomic E-state index is 12.2. The predicted molar refractivity (Wildman–Crippen MR) is 71.3 cm³/mol. The topological polar surface area (TPSA) is 33.2 Å². The third kappa shape index (κ3) is 5.04.